The second-order valence-electron chi connectivity index (χ2n) is 2.71. The fourth-order valence-corrected chi connectivity index (χ4v) is 1.71. The van der Waals surface area contributed by atoms with Crippen molar-refractivity contribution in [2.75, 3.05) is 5.73 Å². The molecule has 0 aliphatic heterocycles. The molecule has 0 saturated heterocycles. The highest BCUT2D eigenvalue weighted by atomic mass is 32.1. The number of hydrogen-bond donors (Lipinski definition) is 1. The summed E-state index contributed by atoms with van der Waals surface area (Å²) in [7, 11) is 0. The van der Waals surface area contributed by atoms with Crippen LogP contribution in [-0.2, 0) is 0 Å². The monoisotopic (exact) mass is 235 g/mol. The third-order valence-corrected chi connectivity index (χ3v) is 2.44. The number of hydrogen-bond acceptors (Lipinski definition) is 5. The second kappa shape index (κ2) is 5.97. The van der Waals surface area contributed by atoms with E-state index < -0.39 is 0 Å². The van der Waals surface area contributed by atoms with Gasteiger partial charge in [0.15, 0.2) is 5.13 Å². The average Bonchev–Trinajstić information content (AvgIpc) is 2.79. The van der Waals surface area contributed by atoms with Crippen LogP contribution >= 0.6 is 11.3 Å². The summed E-state index contributed by atoms with van der Waals surface area (Å²) in [4.78, 5) is 14.4. The van der Waals surface area contributed by atoms with E-state index in [0.29, 0.717) is 10.8 Å². The molecule has 1 aromatic carbocycles. The Morgan fingerprint density at radius 3 is 2.69 bits per heavy atom. The highest BCUT2D eigenvalue weighted by Gasteiger charge is 2.02. The molecule has 16 heavy (non-hydrogen) atoms. The number of aromatic nitrogens is 1. The zero-order chi connectivity index (χ0) is 12.0. The maximum absolute atomic E-state index is 10.3. The van der Waals surface area contributed by atoms with Crippen molar-refractivity contribution in [3.63, 3.8) is 0 Å². The number of anilines is 1. The van der Waals surface area contributed by atoms with Crippen LogP contribution in [-0.4, -0.2) is 4.98 Å². The topological polar surface area (TPSA) is 68.3 Å². The summed E-state index contributed by atoms with van der Waals surface area (Å²) < 4.78 is 0. The fraction of sp³-hybridized carbons (Fsp3) is 0.182. The van der Waals surface area contributed by atoms with Crippen molar-refractivity contribution in [3.05, 3.63) is 34.6 Å². The van der Waals surface area contributed by atoms with Gasteiger partial charge in [0.25, 0.3) is 0 Å². The van der Waals surface area contributed by atoms with Crippen molar-refractivity contribution >= 4 is 22.2 Å². The van der Waals surface area contributed by atoms with E-state index in [-0.39, 0.29) is 0 Å². The molecule has 1 aromatic heterocycles. The normalized spacial score (nSPS) is 9.12. The number of rotatable bonds is 2. The molecular weight excluding hydrogens is 222 g/mol. The lowest BCUT2D eigenvalue weighted by Gasteiger charge is -1.95. The molecule has 1 heterocycles. The Balaban J connectivity index is 0.000000606. The van der Waals surface area contributed by atoms with Crippen molar-refractivity contribution in [2.45, 2.75) is 13.8 Å². The van der Waals surface area contributed by atoms with Gasteiger partial charge in [-0.3, -0.25) is 0 Å². The van der Waals surface area contributed by atoms with Crippen LogP contribution in [0.25, 0.3) is 11.3 Å². The lowest BCUT2D eigenvalue weighted by Crippen LogP contribution is -1.82. The van der Waals surface area contributed by atoms with Gasteiger partial charge in [-0.1, -0.05) is 26.0 Å². The van der Waals surface area contributed by atoms with Crippen LogP contribution in [0.5, 0.6) is 0 Å². The third kappa shape index (κ3) is 2.87. The van der Waals surface area contributed by atoms with E-state index >= 15 is 0 Å². The van der Waals surface area contributed by atoms with Crippen LogP contribution in [0.15, 0.2) is 34.8 Å². The maximum Gasteiger partial charge on any atom is 0.180 e. The first-order chi connectivity index (χ1) is 7.79. The van der Waals surface area contributed by atoms with Gasteiger partial charge in [-0.25, -0.2) is 4.98 Å². The van der Waals surface area contributed by atoms with Gasteiger partial charge in [-0.05, 0) is 17.3 Å². The molecular formula is C11H13N3OS. The van der Waals surface area contributed by atoms with Crippen molar-refractivity contribution in [1.29, 1.82) is 0 Å². The van der Waals surface area contributed by atoms with Gasteiger partial charge in [-0.15, -0.1) is 16.2 Å². The molecule has 0 atom stereocenters. The molecule has 2 aromatic rings. The van der Waals surface area contributed by atoms with Gasteiger partial charge in [0, 0.05) is 10.9 Å². The molecule has 0 fully saturated rings. The Morgan fingerprint density at radius 2 is 2.12 bits per heavy atom. The Kier molecular flexibility index (Phi) is 4.60. The summed E-state index contributed by atoms with van der Waals surface area (Å²) in [6.45, 7) is 4.00. The third-order valence-electron chi connectivity index (χ3n) is 1.77. The molecule has 0 amide bonds. The molecule has 5 heteroatoms. The lowest BCUT2D eigenvalue weighted by molar-refractivity contribution is 1.40. The molecule has 0 unspecified atom stereocenters. The summed E-state index contributed by atoms with van der Waals surface area (Å²) in [5, 5.41) is 5.22. The van der Waals surface area contributed by atoms with E-state index in [1.807, 2.05) is 25.3 Å². The zero-order valence-electron chi connectivity index (χ0n) is 9.18. The molecule has 0 aliphatic carbocycles. The number of nitroso groups, excluding NO2 is 1. The first-order valence-corrected chi connectivity index (χ1v) is 5.82. The van der Waals surface area contributed by atoms with E-state index in [1.54, 1.807) is 18.2 Å². The summed E-state index contributed by atoms with van der Waals surface area (Å²) in [5.74, 6) is 0. The quantitative estimate of drug-likeness (QED) is 0.804. The molecule has 0 bridgehead atoms. The fourth-order valence-electron chi connectivity index (χ4n) is 1.14. The largest absolute Gasteiger partial charge is 0.375 e. The van der Waals surface area contributed by atoms with Crippen LogP contribution in [0.4, 0.5) is 10.8 Å². The van der Waals surface area contributed by atoms with E-state index in [4.69, 9.17) is 5.73 Å². The number of nitrogen functional groups attached to an aromatic ring is 1. The van der Waals surface area contributed by atoms with E-state index in [2.05, 4.69) is 10.2 Å². The molecule has 4 nitrogen and oxygen atoms in total. The van der Waals surface area contributed by atoms with Crippen LogP contribution in [0.3, 0.4) is 0 Å². The van der Waals surface area contributed by atoms with Crippen molar-refractivity contribution < 1.29 is 0 Å². The molecule has 84 valence electrons. The summed E-state index contributed by atoms with van der Waals surface area (Å²) in [5.41, 5.74) is 7.54. The van der Waals surface area contributed by atoms with E-state index in [1.165, 1.54) is 11.3 Å². The highest BCUT2D eigenvalue weighted by Crippen LogP contribution is 2.25. The number of thiazole rings is 1. The Morgan fingerprint density at radius 1 is 1.38 bits per heavy atom. The minimum absolute atomic E-state index is 0.397. The second-order valence-corrected chi connectivity index (χ2v) is 3.60. The summed E-state index contributed by atoms with van der Waals surface area (Å²) in [6.07, 6.45) is 0. The van der Waals surface area contributed by atoms with Crippen LogP contribution in [0.1, 0.15) is 13.8 Å². The smallest absolute Gasteiger partial charge is 0.180 e. The van der Waals surface area contributed by atoms with Gasteiger partial charge in [-0.2, -0.15) is 0 Å². The number of nitrogens with two attached hydrogens (primary N) is 1. The van der Waals surface area contributed by atoms with Gasteiger partial charge < -0.3 is 5.73 Å². The molecule has 2 N–H and O–H groups in total. The van der Waals surface area contributed by atoms with Crippen LogP contribution < -0.4 is 5.73 Å². The molecule has 0 spiro atoms. The van der Waals surface area contributed by atoms with Crippen molar-refractivity contribution in [2.24, 2.45) is 5.18 Å². The first-order valence-electron chi connectivity index (χ1n) is 4.94. The van der Waals surface area contributed by atoms with Gasteiger partial charge in [0.1, 0.15) is 5.69 Å². The molecule has 0 radical (unpaired) electrons. The summed E-state index contributed by atoms with van der Waals surface area (Å²) >= 11 is 1.37. The highest BCUT2D eigenvalue weighted by molar-refractivity contribution is 7.13. The van der Waals surface area contributed by atoms with Gasteiger partial charge >= 0.3 is 0 Å². The number of nitrogens with zero attached hydrogens (tertiary/aromatic N) is 2. The predicted octanol–water partition coefficient (Wildman–Crippen LogP) is 3.82. The van der Waals surface area contributed by atoms with E-state index in [9.17, 15) is 4.91 Å². The minimum Gasteiger partial charge on any atom is -0.375 e. The van der Waals surface area contributed by atoms with Crippen molar-refractivity contribution in [1.82, 2.24) is 4.98 Å². The Hall–Kier alpha value is -1.75. The van der Waals surface area contributed by atoms with Crippen molar-refractivity contribution in [3.8, 4) is 11.3 Å². The molecule has 0 aliphatic rings. The van der Waals surface area contributed by atoms with E-state index in [0.717, 1.165) is 11.3 Å². The minimum atomic E-state index is 0.397. The van der Waals surface area contributed by atoms with Crippen LogP contribution in [0.2, 0.25) is 0 Å². The summed E-state index contributed by atoms with van der Waals surface area (Å²) in [6, 6.07) is 6.96. The molecule has 0 saturated carbocycles. The van der Waals surface area contributed by atoms with Gasteiger partial charge in [0.05, 0.1) is 5.69 Å². The van der Waals surface area contributed by atoms with Crippen LogP contribution in [0, 0.1) is 4.91 Å². The average molecular weight is 235 g/mol. The SMILES string of the molecule is CC.Nc1nc(-c2cccc(N=O)c2)cs1. The maximum atomic E-state index is 10.3. The van der Waals surface area contributed by atoms with Gasteiger partial charge in [0.2, 0.25) is 0 Å². The Labute approximate surface area is 98.1 Å². The number of benzene rings is 1. The lowest BCUT2D eigenvalue weighted by atomic mass is 10.1. The standard InChI is InChI=1S/C9H7N3OS.C2H6/c10-9-11-8(5-14-9)6-2-1-3-7(4-6)12-13;1-2/h1-5H,(H2,10,11);1-2H3. The predicted molar refractivity (Wildman–Crippen MR) is 68.8 cm³/mol. The molecule has 2 rings (SSSR count). The Bertz CT molecular complexity index is 468. The zero-order valence-corrected chi connectivity index (χ0v) is 9.99. The first kappa shape index (κ1) is 12.3.